The molecule has 10 N–H and O–H groups in total. The first kappa shape index (κ1) is 29.5. The SMILES string of the molecule is CC(O)[C@@H]1NC(=O)CCOCCOCCNC(=O)[C@H](CO)NC(=O)N[C@H](C(N)=O)C(=O)NNC1=O. The van der Waals surface area contributed by atoms with E-state index in [1.165, 1.54) is 6.92 Å². The molecule has 7 amide bonds. The first-order valence-electron chi connectivity index (χ1n) is 10.5. The Morgan fingerprint density at radius 1 is 0.971 bits per heavy atom. The van der Waals surface area contributed by atoms with Gasteiger partial charge in [0.15, 0.2) is 6.04 Å². The van der Waals surface area contributed by atoms with Gasteiger partial charge in [0, 0.05) is 13.0 Å². The molecule has 35 heavy (non-hydrogen) atoms. The van der Waals surface area contributed by atoms with E-state index in [9.17, 15) is 39.0 Å². The summed E-state index contributed by atoms with van der Waals surface area (Å²) >= 11 is 0. The molecule has 0 aromatic carbocycles. The number of ether oxygens (including phenoxy) is 2. The van der Waals surface area contributed by atoms with Gasteiger partial charge >= 0.3 is 6.03 Å². The molecule has 0 saturated carbocycles. The van der Waals surface area contributed by atoms with Crippen LogP contribution in [0.5, 0.6) is 0 Å². The van der Waals surface area contributed by atoms with Gasteiger partial charge < -0.3 is 46.7 Å². The molecule has 0 spiro atoms. The van der Waals surface area contributed by atoms with E-state index in [4.69, 9.17) is 15.2 Å². The van der Waals surface area contributed by atoms with Crippen LogP contribution in [0.25, 0.3) is 0 Å². The Hall–Kier alpha value is -3.54. The lowest BCUT2D eigenvalue weighted by atomic mass is 10.1. The van der Waals surface area contributed by atoms with Crippen molar-refractivity contribution in [3.63, 3.8) is 0 Å². The van der Waals surface area contributed by atoms with E-state index >= 15 is 0 Å². The third kappa shape index (κ3) is 11.0. The van der Waals surface area contributed by atoms with Gasteiger partial charge in [-0.2, -0.15) is 0 Å². The fourth-order valence-corrected chi connectivity index (χ4v) is 2.57. The van der Waals surface area contributed by atoms with Gasteiger partial charge in [0.25, 0.3) is 11.8 Å². The average molecular weight is 505 g/mol. The van der Waals surface area contributed by atoms with Crippen LogP contribution in [0.15, 0.2) is 0 Å². The van der Waals surface area contributed by atoms with Crippen LogP contribution in [0.1, 0.15) is 13.3 Å². The van der Waals surface area contributed by atoms with E-state index in [0.29, 0.717) is 0 Å². The molecule has 1 unspecified atom stereocenters. The molecule has 1 aliphatic heterocycles. The highest BCUT2D eigenvalue weighted by atomic mass is 16.5. The normalized spacial score (nSPS) is 25.7. The van der Waals surface area contributed by atoms with Crippen LogP contribution in [0.3, 0.4) is 0 Å². The molecule has 0 aliphatic carbocycles. The zero-order chi connectivity index (χ0) is 26.4. The third-order valence-corrected chi connectivity index (χ3v) is 4.41. The summed E-state index contributed by atoms with van der Waals surface area (Å²) in [6.07, 6.45) is -1.52. The molecule has 17 nitrogen and oxygen atoms in total. The third-order valence-electron chi connectivity index (χ3n) is 4.41. The predicted octanol–water partition coefficient (Wildman–Crippen LogP) is -5.93. The Balaban J connectivity index is 2.94. The zero-order valence-corrected chi connectivity index (χ0v) is 19.0. The Morgan fingerprint density at radius 2 is 1.60 bits per heavy atom. The predicted molar refractivity (Wildman–Crippen MR) is 115 cm³/mol. The summed E-state index contributed by atoms with van der Waals surface area (Å²) in [5.41, 5.74) is 8.86. The number of carbonyl (C=O) groups is 6. The van der Waals surface area contributed by atoms with Gasteiger partial charge in [0.2, 0.25) is 17.7 Å². The summed E-state index contributed by atoms with van der Waals surface area (Å²) in [5.74, 6) is -5.02. The molecule has 1 aliphatic rings. The van der Waals surface area contributed by atoms with Gasteiger partial charge in [0.1, 0.15) is 12.1 Å². The lowest BCUT2D eigenvalue weighted by Crippen LogP contribution is -2.62. The van der Waals surface area contributed by atoms with Crippen LogP contribution in [-0.2, 0) is 33.4 Å². The minimum absolute atomic E-state index is 0.0132. The molecule has 0 bridgehead atoms. The summed E-state index contributed by atoms with van der Waals surface area (Å²) in [5, 5.41) is 27.8. The van der Waals surface area contributed by atoms with E-state index in [1.807, 2.05) is 16.2 Å². The second kappa shape index (κ2) is 15.4. The number of aliphatic hydroxyl groups excluding tert-OH is 2. The topological polar surface area (TPSA) is 260 Å². The Labute approximate surface area is 199 Å². The standard InChI is InChI=1S/C18H31N7O10/c1-9(27)12-16(31)24-25-17(32)13(14(19)29)23-18(33)21-10(8-26)15(30)20-3-5-35-7-6-34-4-2-11(28)22-12/h9-10,12-13,26-27H,2-8H2,1H3,(H2,19,29)(H,20,30)(H,22,28)(H,24,31)(H,25,32)(H2,21,23,33)/t9?,10-,12-,13+/m0/s1. The fourth-order valence-electron chi connectivity index (χ4n) is 2.57. The second-order valence-corrected chi connectivity index (χ2v) is 7.22. The number of amides is 7. The van der Waals surface area contributed by atoms with Gasteiger partial charge in [-0.1, -0.05) is 0 Å². The molecular formula is C18H31N7O10. The smallest absolute Gasteiger partial charge is 0.316 e. The first-order chi connectivity index (χ1) is 16.6. The molecule has 0 aromatic rings. The lowest BCUT2D eigenvalue weighted by molar-refractivity contribution is -0.136. The minimum Gasteiger partial charge on any atom is -0.394 e. The quantitative estimate of drug-likeness (QED) is 0.164. The van der Waals surface area contributed by atoms with E-state index in [1.54, 1.807) is 0 Å². The van der Waals surface area contributed by atoms with Crippen molar-refractivity contribution in [2.45, 2.75) is 37.6 Å². The summed E-state index contributed by atoms with van der Waals surface area (Å²) in [6.45, 7) is 0.799. The van der Waals surface area contributed by atoms with Crippen LogP contribution in [0.4, 0.5) is 4.79 Å². The van der Waals surface area contributed by atoms with E-state index in [-0.39, 0.29) is 39.4 Å². The lowest BCUT2D eigenvalue weighted by Gasteiger charge is -2.22. The first-order valence-corrected chi connectivity index (χ1v) is 10.5. The fraction of sp³-hybridized carbons (Fsp3) is 0.667. The Kier molecular flexibility index (Phi) is 13.0. The van der Waals surface area contributed by atoms with Crippen molar-refractivity contribution >= 4 is 35.6 Å². The number of aliphatic hydroxyl groups is 2. The number of hydrogen-bond acceptors (Lipinski definition) is 10. The molecule has 1 rings (SSSR count). The Morgan fingerprint density at radius 3 is 2.20 bits per heavy atom. The molecule has 0 radical (unpaired) electrons. The van der Waals surface area contributed by atoms with Crippen LogP contribution >= 0.6 is 0 Å². The number of nitrogens with two attached hydrogens (primary N) is 1. The molecule has 198 valence electrons. The summed E-state index contributed by atoms with van der Waals surface area (Å²) in [4.78, 5) is 72.5. The molecule has 1 fully saturated rings. The molecule has 4 atom stereocenters. The Bertz CT molecular complexity index is 779. The van der Waals surface area contributed by atoms with E-state index in [0.717, 1.165) is 0 Å². The van der Waals surface area contributed by atoms with Crippen LogP contribution < -0.4 is 37.9 Å². The van der Waals surface area contributed by atoms with Crippen molar-refractivity contribution < 1.29 is 48.5 Å². The van der Waals surface area contributed by atoms with E-state index in [2.05, 4.69) is 16.0 Å². The molecule has 1 heterocycles. The van der Waals surface area contributed by atoms with Crippen molar-refractivity contribution in [3.8, 4) is 0 Å². The highest BCUT2D eigenvalue weighted by Crippen LogP contribution is 1.96. The molecule has 0 aromatic heterocycles. The van der Waals surface area contributed by atoms with Crippen molar-refractivity contribution in [1.29, 1.82) is 0 Å². The summed E-state index contributed by atoms with van der Waals surface area (Å²) in [7, 11) is 0. The maximum Gasteiger partial charge on any atom is 0.316 e. The summed E-state index contributed by atoms with van der Waals surface area (Å²) in [6, 6.07) is -6.10. The molecular weight excluding hydrogens is 474 g/mol. The van der Waals surface area contributed by atoms with Gasteiger partial charge in [-0.05, 0) is 6.92 Å². The maximum absolute atomic E-state index is 12.3. The van der Waals surface area contributed by atoms with Crippen molar-refractivity contribution in [2.24, 2.45) is 5.73 Å². The van der Waals surface area contributed by atoms with Gasteiger partial charge in [-0.3, -0.25) is 34.8 Å². The van der Waals surface area contributed by atoms with Crippen LogP contribution in [-0.4, -0.2) is 110 Å². The largest absolute Gasteiger partial charge is 0.394 e. The number of nitrogens with one attached hydrogen (secondary N) is 6. The molecule has 17 heteroatoms. The van der Waals surface area contributed by atoms with Crippen molar-refractivity contribution in [2.75, 3.05) is 39.6 Å². The number of primary amides is 1. The van der Waals surface area contributed by atoms with E-state index < -0.39 is 66.4 Å². The van der Waals surface area contributed by atoms with Crippen molar-refractivity contribution in [1.82, 2.24) is 32.1 Å². The van der Waals surface area contributed by atoms with Gasteiger partial charge in [0.05, 0.1) is 39.1 Å². The second-order valence-electron chi connectivity index (χ2n) is 7.22. The number of hydrogen-bond donors (Lipinski definition) is 9. The van der Waals surface area contributed by atoms with Gasteiger partial charge in [-0.15, -0.1) is 0 Å². The zero-order valence-electron chi connectivity index (χ0n) is 19.0. The van der Waals surface area contributed by atoms with Gasteiger partial charge in [-0.25, -0.2) is 4.79 Å². The van der Waals surface area contributed by atoms with Crippen LogP contribution in [0, 0.1) is 0 Å². The number of urea groups is 1. The minimum atomic E-state index is -2.00. The number of hydrazine groups is 1. The number of carbonyl (C=O) groups excluding carboxylic acids is 6. The highest BCUT2D eigenvalue weighted by Gasteiger charge is 2.30. The number of rotatable bonds is 3. The average Bonchev–Trinajstić information content (AvgIpc) is 2.80. The highest BCUT2D eigenvalue weighted by molar-refractivity contribution is 6.06. The monoisotopic (exact) mass is 505 g/mol. The molecule has 1 saturated heterocycles. The van der Waals surface area contributed by atoms with Crippen LogP contribution in [0.2, 0.25) is 0 Å². The summed E-state index contributed by atoms with van der Waals surface area (Å²) < 4.78 is 10.5. The van der Waals surface area contributed by atoms with Crippen molar-refractivity contribution in [3.05, 3.63) is 0 Å². The maximum atomic E-state index is 12.3.